The van der Waals surface area contributed by atoms with E-state index in [1.54, 1.807) is 18.4 Å². The number of nitrogens with zero attached hydrogens (tertiary/aromatic N) is 4. The maximum Gasteiger partial charge on any atom is 0.271 e. The zero-order valence-corrected chi connectivity index (χ0v) is 17.2. The van der Waals surface area contributed by atoms with Gasteiger partial charge in [-0.1, -0.05) is 37.2 Å². The van der Waals surface area contributed by atoms with E-state index in [1.807, 2.05) is 4.57 Å². The molecule has 0 saturated heterocycles. The topological polar surface area (TPSA) is 116 Å². The number of non-ortho nitro benzene ring substituents is 1. The highest BCUT2D eigenvalue weighted by atomic mass is 35.5. The van der Waals surface area contributed by atoms with Gasteiger partial charge in [-0.2, -0.15) is 0 Å². The van der Waals surface area contributed by atoms with E-state index in [4.69, 9.17) is 16.0 Å². The van der Waals surface area contributed by atoms with Gasteiger partial charge in [-0.3, -0.25) is 19.5 Å². The van der Waals surface area contributed by atoms with E-state index in [0.717, 1.165) is 0 Å². The van der Waals surface area contributed by atoms with Crippen molar-refractivity contribution in [1.82, 2.24) is 14.8 Å². The van der Waals surface area contributed by atoms with E-state index in [9.17, 15) is 14.9 Å². The molecule has 0 radical (unpaired) electrons. The number of aromatic nitrogens is 3. The molecular formula is C18H18ClN5O4S. The van der Waals surface area contributed by atoms with Crippen molar-refractivity contribution in [1.29, 1.82) is 0 Å². The zero-order chi connectivity index (χ0) is 21.0. The number of nitrogens with one attached hydrogen (secondary N) is 1. The normalized spacial score (nSPS) is 11.0. The van der Waals surface area contributed by atoms with Crippen LogP contribution < -0.4 is 5.32 Å². The Balaban J connectivity index is 1.72. The fraction of sp³-hybridized carbons (Fsp3) is 0.278. The standard InChI is InChI=1S/C18H18ClN5O4S/c1-11(2)9-23-17(15-4-3-7-28-15)21-22-18(23)29-10-16(25)20-14-8-12(24(26)27)5-6-13(14)19/h3-8,11H,9-10H2,1-2H3,(H,20,25). The number of rotatable bonds is 8. The molecule has 3 aromatic rings. The molecule has 152 valence electrons. The van der Waals surface area contributed by atoms with Crippen molar-refractivity contribution in [3.8, 4) is 11.6 Å². The Morgan fingerprint density at radius 3 is 2.83 bits per heavy atom. The number of furan rings is 1. The highest BCUT2D eigenvalue weighted by molar-refractivity contribution is 7.99. The first kappa shape index (κ1) is 20.9. The molecule has 3 rings (SSSR count). The van der Waals surface area contributed by atoms with Crippen LogP contribution >= 0.6 is 23.4 Å². The maximum absolute atomic E-state index is 12.4. The van der Waals surface area contributed by atoms with Gasteiger partial charge in [0.2, 0.25) is 5.91 Å². The molecule has 0 spiro atoms. The van der Waals surface area contributed by atoms with Crippen LogP contribution in [0.15, 0.2) is 46.2 Å². The van der Waals surface area contributed by atoms with E-state index in [-0.39, 0.29) is 28.1 Å². The van der Waals surface area contributed by atoms with Gasteiger partial charge >= 0.3 is 0 Å². The van der Waals surface area contributed by atoms with Crippen LogP contribution in [0.2, 0.25) is 5.02 Å². The van der Waals surface area contributed by atoms with Gasteiger partial charge in [0.25, 0.3) is 5.69 Å². The Kier molecular flexibility index (Phi) is 6.55. The van der Waals surface area contributed by atoms with Gasteiger partial charge in [0.1, 0.15) is 0 Å². The lowest BCUT2D eigenvalue weighted by Gasteiger charge is -2.11. The minimum atomic E-state index is -0.550. The molecular weight excluding hydrogens is 418 g/mol. The lowest BCUT2D eigenvalue weighted by Crippen LogP contribution is -2.15. The van der Waals surface area contributed by atoms with Crippen molar-refractivity contribution in [2.75, 3.05) is 11.1 Å². The first-order chi connectivity index (χ1) is 13.8. The molecule has 0 fully saturated rings. The average Bonchev–Trinajstić information content (AvgIpc) is 3.31. The van der Waals surface area contributed by atoms with Crippen LogP contribution in [0.5, 0.6) is 0 Å². The summed E-state index contributed by atoms with van der Waals surface area (Å²) in [5, 5.41) is 22.7. The summed E-state index contributed by atoms with van der Waals surface area (Å²) in [6.07, 6.45) is 1.56. The van der Waals surface area contributed by atoms with Gasteiger partial charge < -0.3 is 9.73 Å². The van der Waals surface area contributed by atoms with Crippen molar-refractivity contribution in [2.24, 2.45) is 5.92 Å². The average molecular weight is 436 g/mol. The van der Waals surface area contributed by atoms with Crippen LogP contribution in [0, 0.1) is 16.0 Å². The third-order valence-electron chi connectivity index (χ3n) is 3.77. The van der Waals surface area contributed by atoms with E-state index >= 15 is 0 Å². The Hall–Kier alpha value is -2.85. The van der Waals surface area contributed by atoms with Crippen LogP contribution in [0.3, 0.4) is 0 Å². The fourth-order valence-corrected chi connectivity index (χ4v) is 3.46. The Bertz CT molecular complexity index is 1020. The Labute approximate surface area is 175 Å². The van der Waals surface area contributed by atoms with E-state index < -0.39 is 4.92 Å². The summed E-state index contributed by atoms with van der Waals surface area (Å²) in [6, 6.07) is 7.44. The lowest BCUT2D eigenvalue weighted by atomic mass is 10.2. The monoisotopic (exact) mass is 435 g/mol. The largest absolute Gasteiger partial charge is 0.461 e. The number of carbonyl (C=O) groups excluding carboxylic acids is 1. The van der Waals surface area contributed by atoms with E-state index in [0.29, 0.717) is 29.2 Å². The summed E-state index contributed by atoms with van der Waals surface area (Å²) in [4.78, 5) is 22.7. The zero-order valence-electron chi connectivity index (χ0n) is 15.7. The van der Waals surface area contributed by atoms with Crippen LogP contribution in [0.1, 0.15) is 13.8 Å². The number of amides is 1. The number of benzene rings is 1. The smallest absolute Gasteiger partial charge is 0.271 e. The third-order valence-corrected chi connectivity index (χ3v) is 5.07. The molecule has 0 unspecified atom stereocenters. The summed E-state index contributed by atoms with van der Waals surface area (Å²) in [7, 11) is 0. The molecule has 29 heavy (non-hydrogen) atoms. The van der Waals surface area contributed by atoms with Crippen molar-refractivity contribution in [3.05, 3.63) is 51.7 Å². The van der Waals surface area contributed by atoms with E-state index in [2.05, 4.69) is 29.4 Å². The molecule has 0 bridgehead atoms. The van der Waals surface area contributed by atoms with Crippen LogP contribution in [-0.2, 0) is 11.3 Å². The summed E-state index contributed by atoms with van der Waals surface area (Å²) in [5.74, 6) is 1.19. The molecule has 1 N–H and O–H groups in total. The number of hydrogen-bond donors (Lipinski definition) is 1. The second-order valence-corrected chi connectivity index (χ2v) is 7.90. The van der Waals surface area contributed by atoms with Gasteiger partial charge in [-0.25, -0.2) is 0 Å². The quantitative estimate of drug-likeness (QED) is 0.315. The van der Waals surface area contributed by atoms with Crippen molar-refractivity contribution in [2.45, 2.75) is 25.5 Å². The van der Waals surface area contributed by atoms with Gasteiger partial charge in [-0.05, 0) is 24.1 Å². The highest BCUT2D eigenvalue weighted by Gasteiger charge is 2.19. The number of hydrogen-bond acceptors (Lipinski definition) is 7. The molecule has 0 atom stereocenters. The predicted molar refractivity (Wildman–Crippen MR) is 110 cm³/mol. The van der Waals surface area contributed by atoms with Crippen molar-refractivity contribution < 1.29 is 14.1 Å². The third kappa shape index (κ3) is 5.15. The van der Waals surface area contributed by atoms with Crippen molar-refractivity contribution >= 4 is 40.6 Å². The fourth-order valence-electron chi connectivity index (χ4n) is 2.55. The van der Waals surface area contributed by atoms with Gasteiger partial charge in [0.15, 0.2) is 16.7 Å². The minimum absolute atomic E-state index is 0.0351. The molecule has 11 heteroatoms. The number of carbonyl (C=O) groups is 1. The minimum Gasteiger partial charge on any atom is -0.461 e. The summed E-state index contributed by atoms with van der Waals surface area (Å²) >= 11 is 7.23. The maximum atomic E-state index is 12.4. The molecule has 1 amide bonds. The van der Waals surface area contributed by atoms with E-state index in [1.165, 1.54) is 30.0 Å². The number of nitro benzene ring substituents is 1. The summed E-state index contributed by atoms with van der Waals surface area (Å²) in [5.41, 5.74) is 0.0310. The molecule has 2 heterocycles. The van der Waals surface area contributed by atoms with Crippen LogP contribution in [0.25, 0.3) is 11.6 Å². The summed E-state index contributed by atoms with van der Waals surface area (Å²) < 4.78 is 7.33. The van der Waals surface area contributed by atoms with Gasteiger partial charge in [-0.15, -0.1) is 10.2 Å². The van der Waals surface area contributed by atoms with Gasteiger partial charge in [0, 0.05) is 18.7 Å². The second kappa shape index (κ2) is 9.10. The molecule has 0 aliphatic heterocycles. The molecule has 0 aliphatic rings. The predicted octanol–water partition coefficient (Wildman–Crippen LogP) is 4.49. The van der Waals surface area contributed by atoms with Gasteiger partial charge in [0.05, 0.1) is 27.6 Å². The SMILES string of the molecule is CC(C)Cn1c(SCC(=O)Nc2cc([N+](=O)[O-])ccc2Cl)nnc1-c1ccco1. The first-order valence-electron chi connectivity index (χ1n) is 8.69. The van der Waals surface area contributed by atoms with Crippen LogP contribution in [0.4, 0.5) is 11.4 Å². The molecule has 0 saturated carbocycles. The molecule has 0 aliphatic carbocycles. The number of thioether (sulfide) groups is 1. The Morgan fingerprint density at radius 2 is 2.17 bits per heavy atom. The number of anilines is 1. The number of nitro groups is 1. The molecule has 2 aromatic heterocycles. The lowest BCUT2D eigenvalue weighted by molar-refractivity contribution is -0.384. The number of halogens is 1. The second-order valence-electron chi connectivity index (χ2n) is 6.55. The Morgan fingerprint density at radius 1 is 1.38 bits per heavy atom. The van der Waals surface area contributed by atoms with Crippen LogP contribution in [-0.4, -0.2) is 31.3 Å². The molecule has 9 nitrogen and oxygen atoms in total. The first-order valence-corrected chi connectivity index (χ1v) is 10.0. The summed E-state index contributed by atoms with van der Waals surface area (Å²) in [6.45, 7) is 4.79. The molecule has 1 aromatic carbocycles. The van der Waals surface area contributed by atoms with Crippen molar-refractivity contribution in [3.63, 3.8) is 0 Å². The highest BCUT2D eigenvalue weighted by Crippen LogP contribution is 2.28.